The van der Waals surface area contributed by atoms with Crippen molar-refractivity contribution in [2.75, 3.05) is 13.7 Å². The normalized spacial score (nSPS) is 18.5. The molecule has 0 aromatic carbocycles. The second kappa shape index (κ2) is 5.62. The summed E-state index contributed by atoms with van der Waals surface area (Å²) >= 11 is 0. The van der Waals surface area contributed by atoms with Crippen LogP contribution in [0.4, 0.5) is 0 Å². The van der Waals surface area contributed by atoms with Crippen molar-refractivity contribution in [1.29, 1.82) is 0 Å². The number of methoxy groups -OCH3 is 1. The van der Waals surface area contributed by atoms with Gasteiger partial charge in [0.05, 0.1) is 13.0 Å². The van der Waals surface area contributed by atoms with Crippen LogP contribution in [0.5, 0.6) is 0 Å². The first-order chi connectivity index (χ1) is 6.72. The predicted molar refractivity (Wildman–Crippen MR) is 51.6 cm³/mol. The molecule has 1 saturated carbocycles. The summed E-state index contributed by atoms with van der Waals surface area (Å²) in [5.41, 5.74) is 0. The molecule has 0 unspecified atom stereocenters. The van der Waals surface area contributed by atoms with Gasteiger partial charge in [0, 0.05) is 0 Å². The molecule has 0 aromatic rings. The molecule has 1 rings (SSSR count). The number of nitrogens with zero attached hydrogens (tertiary/aromatic N) is 1. The highest BCUT2D eigenvalue weighted by Crippen LogP contribution is 2.20. The van der Waals surface area contributed by atoms with Crippen molar-refractivity contribution in [3.8, 4) is 0 Å². The zero-order valence-electron chi connectivity index (χ0n) is 7.97. The number of hydrogen-bond donors (Lipinski definition) is 0. The van der Waals surface area contributed by atoms with Crippen LogP contribution < -0.4 is 0 Å². The van der Waals surface area contributed by atoms with E-state index in [-0.39, 0.29) is 18.9 Å². The Labute approximate surface area is 84.1 Å². The fraction of sp³-hybridized carbons (Fsp3) is 0.300. The van der Waals surface area contributed by atoms with E-state index < -0.39 is 0 Å². The Bertz CT molecular complexity index is 219. The van der Waals surface area contributed by atoms with Gasteiger partial charge >= 0.3 is 5.97 Å². The van der Waals surface area contributed by atoms with Crippen molar-refractivity contribution in [1.82, 2.24) is 0 Å². The maximum atomic E-state index is 11.2. The summed E-state index contributed by atoms with van der Waals surface area (Å²) < 4.78 is 5.15. The number of hydrogen-bond acceptors (Lipinski definition) is 3. The van der Waals surface area contributed by atoms with Gasteiger partial charge in [0.15, 0.2) is 12.8 Å². The van der Waals surface area contributed by atoms with Crippen LogP contribution >= 0.6 is 0 Å². The van der Waals surface area contributed by atoms with E-state index in [4.69, 9.17) is 0 Å². The van der Waals surface area contributed by atoms with Crippen LogP contribution in [0, 0.1) is 36.8 Å². The number of carbonyl (C=O) groups is 1. The quantitative estimate of drug-likeness (QED) is 0.216. The van der Waals surface area contributed by atoms with Crippen molar-refractivity contribution in [2.24, 2.45) is 0 Å². The Morgan fingerprint density at radius 1 is 1.57 bits per heavy atom. The molecule has 0 N–H and O–H groups in total. The van der Waals surface area contributed by atoms with Crippen molar-refractivity contribution in [2.45, 2.75) is 6.42 Å². The topological polar surface area (TPSA) is 52.4 Å². The maximum absolute atomic E-state index is 11.2. The first-order valence-electron chi connectivity index (χ1n) is 4.29. The molecule has 75 valence electrons. The standard InChI is InChI=1S/C10H12NO3/c1-14-10(12)6-7-11(13)8-9-4-2-3-5-9/h2-5,8H,6-7H2,1H3/b11-8-. The second-order valence-electron chi connectivity index (χ2n) is 2.81. The Morgan fingerprint density at radius 3 is 2.79 bits per heavy atom. The van der Waals surface area contributed by atoms with E-state index in [9.17, 15) is 10.0 Å². The lowest BCUT2D eigenvalue weighted by Gasteiger charge is -2.05. The van der Waals surface area contributed by atoms with Crippen molar-refractivity contribution in [3.05, 3.63) is 36.8 Å². The second-order valence-corrected chi connectivity index (χ2v) is 2.81. The average Bonchev–Trinajstić information content (AvgIpc) is 2.66. The molecule has 0 saturated heterocycles. The van der Waals surface area contributed by atoms with Crippen LogP contribution in [-0.2, 0) is 9.53 Å². The minimum atomic E-state index is -0.373. The number of carbonyl (C=O) groups excluding carboxylic acids is 1. The monoisotopic (exact) mass is 194 g/mol. The molecule has 0 amide bonds. The molecule has 0 heterocycles. The summed E-state index contributed by atoms with van der Waals surface area (Å²) in [6.07, 6.45) is 8.90. The van der Waals surface area contributed by atoms with Gasteiger partial charge in [-0.15, -0.1) is 0 Å². The third-order valence-corrected chi connectivity index (χ3v) is 1.75. The molecule has 1 fully saturated rings. The van der Waals surface area contributed by atoms with Gasteiger partial charge in [-0.25, -0.2) is 4.74 Å². The fourth-order valence-electron chi connectivity index (χ4n) is 1.01. The van der Waals surface area contributed by atoms with Gasteiger partial charge in [0.25, 0.3) is 0 Å². The van der Waals surface area contributed by atoms with Crippen LogP contribution in [-0.4, -0.2) is 30.6 Å². The average molecular weight is 194 g/mol. The third-order valence-electron chi connectivity index (χ3n) is 1.75. The third kappa shape index (κ3) is 3.77. The molecular formula is C10H12NO3. The molecule has 0 bridgehead atoms. The largest absolute Gasteiger partial charge is 0.624 e. The lowest BCUT2D eigenvalue weighted by Crippen LogP contribution is -2.15. The van der Waals surface area contributed by atoms with Gasteiger partial charge in [-0.2, -0.15) is 0 Å². The van der Waals surface area contributed by atoms with E-state index in [1.54, 1.807) is 0 Å². The molecule has 4 nitrogen and oxygen atoms in total. The fourth-order valence-corrected chi connectivity index (χ4v) is 1.01. The molecule has 4 heteroatoms. The van der Waals surface area contributed by atoms with E-state index in [2.05, 4.69) is 4.74 Å². The van der Waals surface area contributed by atoms with Gasteiger partial charge < -0.3 is 9.94 Å². The van der Waals surface area contributed by atoms with E-state index in [1.807, 2.05) is 25.7 Å². The van der Waals surface area contributed by atoms with Gasteiger partial charge in [0.2, 0.25) is 0 Å². The van der Waals surface area contributed by atoms with Crippen molar-refractivity contribution in [3.63, 3.8) is 0 Å². The Kier molecular flexibility index (Phi) is 4.43. The zero-order valence-corrected chi connectivity index (χ0v) is 7.97. The molecule has 0 spiro atoms. The number of hydroxylamine groups is 1. The summed E-state index contributed by atoms with van der Waals surface area (Å²) in [7, 11) is 1.30. The smallest absolute Gasteiger partial charge is 0.311 e. The summed E-state index contributed by atoms with van der Waals surface area (Å²) in [6.45, 7) is 0.123. The molecule has 0 aliphatic heterocycles. The molecule has 14 heavy (non-hydrogen) atoms. The van der Waals surface area contributed by atoms with Crippen LogP contribution in [0.3, 0.4) is 0 Å². The van der Waals surface area contributed by atoms with Gasteiger partial charge in [-0.3, -0.25) is 4.79 Å². The van der Waals surface area contributed by atoms with Crippen molar-refractivity contribution < 1.29 is 14.3 Å². The highest BCUT2D eigenvalue weighted by atomic mass is 16.5. The van der Waals surface area contributed by atoms with Crippen LogP contribution in [0.1, 0.15) is 6.42 Å². The highest BCUT2D eigenvalue weighted by molar-refractivity contribution is 5.79. The Hall–Kier alpha value is -1.06. The van der Waals surface area contributed by atoms with Gasteiger partial charge in [0.1, 0.15) is 6.42 Å². The Balaban J connectivity index is 2.25. The summed E-state index contributed by atoms with van der Waals surface area (Å²) in [6, 6.07) is 0. The van der Waals surface area contributed by atoms with Gasteiger partial charge in [-0.1, -0.05) is 0 Å². The van der Waals surface area contributed by atoms with E-state index in [1.165, 1.54) is 13.3 Å². The first kappa shape index (κ1) is 11.0. The van der Waals surface area contributed by atoms with E-state index in [0.717, 1.165) is 10.7 Å². The minimum Gasteiger partial charge on any atom is -0.624 e. The molecule has 1 aliphatic carbocycles. The summed E-state index contributed by atoms with van der Waals surface area (Å²) in [4.78, 5) is 10.7. The molecule has 0 atom stereocenters. The lowest BCUT2D eigenvalue weighted by molar-refractivity contribution is -0.452. The molecular weight excluding hydrogens is 182 g/mol. The first-order valence-corrected chi connectivity index (χ1v) is 4.29. The minimum absolute atomic E-state index is 0.108. The van der Waals surface area contributed by atoms with Gasteiger partial charge in [-0.05, 0) is 25.7 Å². The van der Waals surface area contributed by atoms with Crippen molar-refractivity contribution >= 4 is 12.2 Å². The van der Waals surface area contributed by atoms with Crippen LogP contribution in [0.15, 0.2) is 0 Å². The zero-order chi connectivity index (χ0) is 10.4. The summed E-state index contributed by atoms with van der Waals surface area (Å²) in [5, 5.41) is 11.2. The number of esters is 1. The molecule has 0 aromatic heterocycles. The van der Waals surface area contributed by atoms with E-state index in [0.29, 0.717) is 0 Å². The predicted octanol–water partition coefficient (Wildman–Crippen LogP) is 0.536. The van der Waals surface area contributed by atoms with Crippen LogP contribution in [0.2, 0.25) is 0 Å². The highest BCUT2D eigenvalue weighted by Gasteiger charge is 2.18. The number of ether oxygens (including phenoxy) is 1. The number of rotatable bonds is 4. The van der Waals surface area contributed by atoms with Crippen LogP contribution in [0.25, 0.3) is 0 Å². The summed E-state index contributed by atoms with van der Waals surface area (Å²) in [5.74, 6) is 0.464. The lowest BCUT2D eigenvalue weighted by atomic mass is 10.1. The SMILES string of the molecule is COC(=O)CC/[N+]([O-])=C/[C]1[CH][CH][CH][CH]1. The molecule has 1 aliphatic rings. The Morgan fingerprint density at radius 2 is 2.21 bits per heavy atom. The maximum Gasteiger partial charge on any atom is 0.311 e. The van der Waals surface area contributed by atoms with E-state index >= 15 is 0 Å². The molecule has 5 radical (unpaired) electrons.